The van der Waals surface area contributed by atoms with Crippen molar-refractivity contribution in [3.63, 3.8) is 0 Å². The van der Waals surface area contributed by atoms with Gasteiger partial charge in [0.05, 0.1) is 13.2 Å². The first kappa shape index (κ1) is 29.8. The lowest BCUT2D eigenvalue weighted by Crippen LogP contribution is -1.99. The molecular formula is C30H35ClN2O4. The fourth-order valence-corrected chi connectivity index (χ4v) is 3.26. The van der Waals surface area contributed by atoms with Crippen molar-refractivity contribution in [2.24, 2.45) is 11.8 Å². The van der Waals surface area contributed by atoms with Crippen molar-refractivity contribution in [2.45, 2.75) is 40.3 Å². The zero-order valence-electron chi connectivity index (χ0n) is 21.3. The number of hydrogen-bond donors (Lipinski definition) is 2. The van der Waals surface area contributed by atoms with Gasteiger partial charge in [-0.15, -0.1) is 12.4 Å². The summed E-state index contributed by atoms with van der Waals surface area (Å²) in [6.45, 7) is 6.13. The van der Waals surface area contributed by atoms with Gasteiger partial charge in [-0.25, -0.2) is 11.8 Å². The molecule has 0 fully saturated rings. The van der Waals surface area contributed by atoms with Crippen LogP contribution in [0.5, 0.6) is 11.5 Å². The molecule has 0 unspecified atom stereocenters. The van der Waals surface area contributed by atoms with E-state index >= 15 is 0 Å². The minimum Gasteiger partial charge on any atom is -0.489 e. The van der Waals surface area contributed by atoms with E-state index in [2.05, 4.69) is 72.1 Å². The standard InChI is InChI=1S/2C15H17NO2.ClH/c2*1-12-2-4-13(5-3-12)10-17-15-8-6-14(7-9-15)11-18-16;/h2*2-9H,10-11,16H2,1H3;1H. The van der Waals surface area contributed by atoms with Gasteiger partial charge >= 0.3 is 0 Å². The molecule has 0 amide bonds. The van der Waals surface area contributed by atoms with Gasteiger partial charge in [-0.3, -0.25) is 9.68 Å². The van der Waals surface area contributed by atoms with Gasteiger partial charge in [-0.2, -0.15) is 0 Å². The minimum atomic E-state index is 0. The molecule has 0 heterocycles. The van der Waals surface area contributed by atoms with Gasteiger partial charge in [0.15, 0.2) is 0 Å². The van der Waals surface area contributed by atoms with Gasteiger partial charge < -0.3 is 9.47 Å². The second kappa shape index (κ2) is 16.4. The molecule has 0 saturated carbocycles. The number of nitrogens with two attached hydrogens (primary N) is 2. The number of aryl methyl sites for hydroxylation is 2. The van der Waals surface area contributed by atoms with E-state index in [1.807, 2.05) is 48.5 Å². The zero-order chi connectivity index (χ0) is 25.6. The van der Waals surface area contributed by atoms with Crippen LogP contribution in [0.1, 0.15) is 33.4 Å². The summed E-state index contributed by atoms with van der Waals surface area (Å²) in [6.07, 6.45) is 0. The first-order valence-corrected chi connectivity index (χ1v) is 11.7. The van der Waals surface area contributed by atoms with E-state index < -0.39 is 0 Å². The van der Waals surface area contributed by atoms with E-state index in [9.17, 15) is 0 Å². The van der Waals surface area contributed by atoms with Crippen LogP contribution >= 0.6 is 12.4 Å². The Morgan fingerprint density at radius 2 is 0.703 bits per heavy atom. The molecule has 37 heavy (non-hydrogen) atoms. The fourth-order valence-electron chi connectivity index (χ4n) is 3.26. The van der Waals surface area contributed by atoms with Crippen LogP contribution in [-0.4, -0.2) is 0 Å². The van der Waals surface area contributed by atoms with Crippen LogP contribution in [0.3, 0.4) is 0 Å². The summed E-state index contributed by atoms with van der Waals surface area (Å²) in [5.41, 5.74) is 6.89. The molecule has 0 radical (unpaired) electrons. The van der Waals surface area contributed by atoms with E-state index in [1.54, 1.807) is 0 Å². The van der Waals surface area contributed by atoms with Gasteiger partial charge in [0, 0.05) is 0 Å². The van der Waals surface area contributed by atoms with Crippen molar-refractivity contribution in [1.82, 2.24) is 0 Å². The number of halogens is 1. The van der Waals surface area contributed by atoms with Crippen LogP contribution < -0.4 is 21.3 Å². The highest BCUT2D eigenvalue weighted by Gasteiger charge is 1.99. The number of benzene rings is 4. The highest BCUT2D eigenvalue weighted by Crippen LogP contribution is 2.16. The van der Waals surface area contributed by atoms with E-state index in [0.717, 1.165) is 33.8 Å². The van der Waals surface area contributed by atoms with Gasteiger partial charge in [0.2, 0.25) is 0 Å². The summed E-state index contributed by atoms with van der Waals surface area (Å²) in [7, 11) is 0. The molecule has 4 rings (SSSR count). The molecular weight excluding hydrogens is 488 g/mol. The van der Waals surface area contributed by atoms with E-state index in [0.29, 0.717) is 26.4 Å². The van der Waals surface area contributed by atoms with Crippen LogP contribution in [0.25, 0.3) is 0 Å². The van der Waals surface area contributed by atoms with E-state index in [4.69, 9.17) is 21.3 Å². The summed E-state index contributed by atoms with van der Waals surface area (Å²) in [4.78, 5) is 9.13. The summed E-state index contributed by atoms with van der Waals surface area (Å²) in [6, 6.07) is 32.1. The van der Waals surface area contributed by atoms with Crippen molar-refractivity contribution in [2.75, 3.05) is 0 Å². The highest BCUT2D eigenvalue weighted by molar-refractivity contribution is 5.85. The lowest BCUT2D eigenvalue weighted by Gasteiger charge is -2.07. The maximum Gasteiger partial charge on any atom is 0.119 e. The van der Waals surface area contributed by atoms with Crippen LogP contribution in [0.2, 0.25) is 0 Å². The second-order valence-corrected chi connectivity index (χ2v) is 8.46. The first-order valence-electron chi connectivity index (χ1n) is 11.7. The van der Waals surface area contributed by atoms with Gasteiger partial charge in [-0.1, -0.05) is 83.9 Å². The van der Waals surface area contributed by atoms with E-state index in [-0.39, 0.29) is 12.4 Å². The molecule has 0 aliphatic rings. The summed E-state index contributed by atoms with van der Waals surface area (Å²) in [5, 5.41) is 0. The number of rotatable bonds is 10. The third-order valence-corrected chi connectivity index (χ3v) is 5.40. The molecule has 0 spiro atoms. The predicted molar refractivity (Wildman–Crippen MR) is 149 cm³/mol. The van der Waals surface area contributed by atoms with Crippen molar-refractivity contribution in [3.8, 4) is 11.5 Å². The Balaban J connectivity index is 0.000000253. The third kappa shape index (κ3) is 11.0. The molecule has 4 aromatic carbocycles. The minimum absolute atomic E-state index is 0. The zero-order valence-corrected chi connectivity index (χ0v) is 22.1. The Labute approximate surface area is 225 Å². The molecule has 0 bridgehead atoms. The monoisotopic (exact) mass is 522 g/mol. The molecule has 0 aliphatic carbocycles. The third-order valence-electron chi connectivity index (χ3n) is 5.40. The number of ether oxygens (including phenoxy) is 2. The Hall–Kier alpha value is -3.39. The van der Waals surface area contributed by atoms with Crippen molar-refractivity contribution >= 4 is 12.4 Å². The first-order chi connectivity index (χ1) is 17.6. The molecule has 4 N–H and O–H groups in total. The predicted octanol–water partition coefficient (Wildman–Crippen LogP) is 6.35. The van der Waals surface area contributed by atoms with Crippen molar-refractivity contribution in [3.05, 3.63) is 130 Å². The summed E-state index contributed by atoms with van der Waals surface area (Å²) in [5.74, 6) is 11.7. The van der Waals surface area contributed by atoms with Gasteiger partial charge in [-0.05, 0) is 60.4 Å². The van der Waals surface area contributed by atoms with Crippen LogP contribution in [0.15, 0.2) is 97.1 Å². The Kier molecular flexibility index (Phi) is 13.2. The molecule has 0 atom stereocenters. The average Bonchev–Trinajstić information content (AvgIpc) is 2.90. The topological polar surface area (TPSA) is 89.0 Å². The summed E-state index contributed by atoms with van der Waals surface area (Å²) >= 11 is 0. The molecule has 4 aromatic rings. The Bertz CT molecular complexity index is 1060. The SMILES string of the molecule is Cc1ccc(COc2ccc(CON)cc2)cc1.Cc1ccc(COc2ccc(CON)cc2)cc1.Cl. The summed E-state index contributed by atoms with van der Waals surface area (Å²) < 4.78 is 11.4. The second-order valence-electron chi connectivity index (χ2n) is 8.46. The smallest absolute Gasteiger partial charge is 0.119 e. The molecule has 196 valence electrons. The van der Waals surface area contributed by atoms with Crippen molar-refractivity contribution in [1.29, 1.82) is 0 Å². The largest absolute Gasteiger partial charge is 0.489 e. The normalized spacial score (nSPS) is 10.1. The maximum atomic E-state index is 5.69. The van der Waals surface area contributed by atoms with Gasteiger partial charge in [0.25, 0.3) is 0 Å². The van der Waals surface area contributed by atoms with Crippen LogP contribution in [0, 0.1) is 13.8 Å². The van der Waals surface area contributed by atoms with Crippen molar-refractivity contribution < 1.29 is 19.1 Å². The Morgan fingerprint density at radius 1 is 0.432 bits per heavy atom. The molecule has 0 aromatic heterocycles. The molecule has 7 heteroatoms. The van der Waals surface area contributed by atoms with Gasteiger partial charge in [0.1, 0.15) is 24.7 Å². The molecule has 0 aliphatic heterocycles. The fraction of sp³-hybridized carbons (Fsp3) is 0.200. The van der Waals surface area contributed by atoms with E-state index in [1.165, 1.54) is 11.1 Å². The number of hydrogen-bond acceptors (Lipinski definition) is 6. The lowest BCUT2D eigenvalue weighted by atomic mass is 10.2. The van der Waals surface area contributed by atoms with Crippen LogP contribution in [0.4, 0.5) is 0 Å². The lowest BCUT2D eigenvalue weighted by molar-refractivity contribution is 0.124. The maximum absolute atomic E-state index is 5.69. The average molecular weight is 523 g/mol. The Morgan fingerprint density at radius 3 is 1.00 bits per heavy atom. The molecule has 0 saturated heterocycles. The highest BCUT2D eigenvalue weighted by atomic mass is 35.5. The molecule has 6 nitrogen and oxygen atoms in total. The quantitative estimate of drug-likeness (QED) is 0.236. The van der Waals surface area contributed by atoms with Crippen LogP contribution in [-0.2, 0) is 36.1 Å².